The summed E-state index contributed by atoms with van der Waals surface area (Å²) in [5, 5.41) is 0. The second-order valence-electron chi connectivity index (χ2n) is 3.88. The van der Waals surface area contributed by atoms with Crippen molar-refractivity contribution in [2.24, 2.45) is 11.7 Å². The monoisotopic (exact) mass is 193 g/mol. The molecule has 0 aliphatic carbocycles. The van der Waals surface area contributed by atoms with E-state index in [2.05, 4.69) is 13.8 Å². The number of nitrogens with two attached hydrogens (primary N) is 1. The Hall–Kier alpha value is -0.860. The second-order valence-corrected chi connectivity index (χ2v) is 3.88. The lowest BCUT2D eigenvalue weighted by Gasteiger charge is -2.26. The van der Waals surface area contributed by atoms with Crippen LogP contribution in [0.2, 0.25) is 0 Å². The molecular weight excluding hydrogens is 174 g/mol. The lowest BCUT2D eigenvalue weighted by Crippen LogP contribution is -2.32. The maximum Gasteiger partial charge on any atom is 0.0786 e. The van der Waals surface area contributed by atoms with Crippen molar-refractivity contribution in [1.82, 2.24) is 0 Å². The molecule has 0 saturated carbocycles. The van der Waals surface area contributed by atoms with Gasteiger partial charge in [0.05, 0.1) is 12.1 Å². The van der Waals surface area contributed by atoms with Crippen LogP contribution in [0.5, 0.6) is 0 Å². The Balaban J connectivity index is 2.78. The van der Waals surface area contributed by atoms with E-state index < -0.39 is 0 Å². The highest BCUT2D eigenvalue weighted by atomic mass is 16.5. The first-order valence-electron chi connectivity index (χ1n) is 5.00. The van der Waals surface area contributed by atoms with E-state index >= 15 is 0 Å². The molecule has 2 N–H and O–H groups in total. The molecule has 2 nitrogen and oxygen atoms in total. The summed E-state index contributed by atoms with van der Waals surface area (Å²) in [6.07, 6.45) is 0.0809. The number of methoxy groups -OCH3 is 1. The average molecular weight is 193 g/mol. The topological polar surface area (TPSA) is 35.2 Å². The van der Waals surface area contributed by atoms with Gasteiger partial charge in [-0.05, 0) is 11.5 Å². The van der Waals surface area contributed by atoms with E-state index in [1.807, 2.05) is 30.3 Å². The Morgan fingerprint density at radius 1 is 1.14 bits per heavy atom. The van der Waals surface area contributed by atoms with Crippen LogP contribution in [0.4, 0.5) is 0 Å². The fourth-order valence-corrected chi connectivity index (χ4v) is 1.70. The first-order valence-corrected chi connectivity index (χ1v) is 5.00. The Kier molecular flexibility index (Phi) is 4.11. The van der Waals surface area contributed by atoms with Crippen molar-refractivity contribution in [3.63, 3.8) is 0 Å². The maximum atomic E-state index is 6.13. The third-order valence-electron chi connectivity index (χ3n) is 2.47. The molecule has 1 aromatic rings. The molecule has 0 aromatic heterocycles. The predicted molar refractivity (Wildman–Crippen MR) is 59.0 cm³/mol. The van der Waals surface area contributed by atoms with Crippen molar-refractivity contribution < 1.29 is 4.74 Å². The summed E-state index contributed by atoms with van der Waals surface area (Å²) in [6, 6.07) is 10.0. The van der Waals surface area contributed by atoms with Crippen molar-refractivity contribution in [2.75, 3.05) is 7.11 Å². The molecule has 2 heteroatoms. The highest BCUT2D eigenvalue weighted by Gasteiger charge is 2.21. The van der Waals surface area contributed by atoms with Crippen molar-refractivity contribution in [1.29, 1.82) is 0 Å². The molecule has 0 amide bonds. The normalized spacial score (nSPS) is 15.5. The zero-order chi connectivity index (χ0) is 10.6. The number of rotatable bonds is 4. The first kappa shape index (κ1) is 11.2. The van der Waals surface area contributed by atoms with Crippen LogP contribution in [0.3, 0.4) is 0 Å². The number of ether oxygens (including phenoxy) is 1. The van der Waals surface area contributed by atoms with Gasteiger partial charge in [0.25, 0.3) is 0 Å². The SMILES string of the molecule is COC(C(C)C)C(N)c1ccccc1. The number of hydrogen-bond acceptors (Lipinski definition) is 2. The molecule has 14 heavy (non-hydrogen) atoms. The quantitative estimate of drug-likeness (QED) is 0.796. The van der Waals surface area contributed by atoms with Gasteiger partial charge in [0.15, 0.2) is 0 Å². The molecule has 2 unspecified atom stereocenters. The molecule has 2 atom stereocenters. The Morgan fingerprint density at radius 2 is 1.71 bits per heavy atom. The van der Waals surface area contributed by atoms with E-state index in [9.17, 15) is 0 Å². The summed E-state index contributed by atoms with van der Waals surface area (Å²) in [5.74, 6) is 0.426. The van der Waals surface area contributed by atoms with Gasteiger partial charge in [-0.3, -0.25) is 0 Å². The van der Waals surface area contributed by atoms with Gasteiger partial charge >= 0.3 is 0 Å². The zero-order valence-electron chi connectivity index (χ0n) is 9.10. The number of benzene rings is 1. The summed E-state index contributed by atoms with van der Waals surface area (Å²) < 4.78 is 5.40. The molecule has 0 radical (unpaired) electrons. The highest BCUT2D eigenvalue weighted by molar-refractivity contribution is 5.19. The minimum Gasteiger partial charge on any atom is -0.379 e. The van der Waals surface area contributed by atoms with Crippen molar-refractivity contribution in [2.45, 2.75) is 26.0 Å². The largest absolute Gasteiger partial charge is 0.379 e. The van der Waals surface area contributed by atoms with Gasteiger partial charge in [0, 0.05) is 7.11 Å². The van der Waals surface area contributed by atoms with Gasteiger partial charge in [-0.2, -0.15) is 0 Å². The minimum absolute atomic E-state index is 0.0406. The molecular formula is C12H19NO. The van der Waals surface area contributed by atoms with Crippen molar-refractivity contribution >= 4 is 0 Å². The van der Waals surface area contributed by atoms with Gasteiger partial charge < -0.3 is 10.5 Å². The van der Waals surface area contributed by atoms with Crippen LogP contribution in [-0.2, 0) is 4.74 Å². The van der Waals surface area contributed by atoms with E-state index in [0.717, 1.165) is 5.56 Å². The molecule has 0 spiro atoms. The summed E-state index contributed by atoms with van der Waals surface area (Å²) in [5.41, 5.74) is 7.26. The number of hydrogen-bond donors (Lipinski definition) is 1. The van der Waals surface area contributed by atoms with Crippen LogP contribution in [0.1, 0.15) is 25.5 Å². The third kappa shape index (κ3) is 2.56. The minimum atomic E-state index is -0.0406. The lowest BCUT2D eigenvalue weighted by atomic mass is 9.94. The summed E-state index contributed by atoms with van der Waals surface area (Å²) >= 11 is 0. The fourth-order valence-electron chi connectivity index (χ4n) is 1.70. The van der Waals surface area contributed by atoms with Crippen molar-refractivity contribution in [3.8, 4) is 0 Å². The maximum absolute atomic E-state index is 6.13. The Labute approximate surface area is 86.1 Å². The second kappa shape index (κ2) is 5.13. The predicted octanol–water partition coefficient (Wildman–Crippen LogP) is 2.36. The lowest BCUT2D eigenvalue weighted by molar-refractivity contribution is 0.0437. The van der Waals surface area contributed by atoms with Crippen LogP contribution in [0.25, 0.3) is 0 Å². The molecule has 0 heterocycles. The molecule has 0 aliphatic rings. The van der Waals surface area contributed by atoms with Crippen LogP contribution in [0.15, 0.2) is 30.3 Å². The van der Waals surface area contributed by atoms with Gasteiger partial charge in [0.2, 0.25) is 0 Å². The standard InChI is InChI=1S/C12H19NO/c1-9(2)12(14-3)11(13)10-7-5-4-6-8-10/h4-9,11-12H,13H2,1-3H3. The molecule has 78 valence electrons. The van der Waals surface area contributed by atoms with Crippen molar-refractivity contribution in [3.05, 3.63) is 35.9 Å². The Morgan fingerprint density at radius 3 is 2.14 bits per heavy atom. The van der Waals surface area contributed by atoms with E-state index in [1.54, 1.807) is 7.11 Å². The molecule has 1 aromatic carbocycles. The van der Waals surface area contributed by atoms with E-state index in [1.165, 1.54) is 0 Å². The summed E-state index contributed by atoms with van der Waals surface area (Å²) in [4.78, 5) is 0. The summed E-state index contributed by atoms with van der Waals surface area (Å²) in [7, 11) is 1.72. The average Bonchev–Trinajstić information content (AvgIpc) is 2.19. The van der Waals surface area contributed by atoms with E-state index in [0.29, 0.717) is 5.92 Å². The summed E-state index contributed by atoms with van der Waals surface area (Å²) in [6.45, 7) is 4.24. The van der Waals surface area contributed by atoms with Crippen LogP contribution in [0, 0.1) is 5.92 Å². The molecule has 0 fully saturated rings. The third-order valence-corrected chi connectivity index (χ3v) is 2.47. The van der Waals surface area contributed by atoms with E-state index in [-0.39, 0.29) is 12.1 Å². The first-order chi connectivity index (χ1) is 6.66. The zero-order valence-corrected chi connectivity index (χ0v) is 9.10. The Bertz CT molecular complexity index is 258. The van der Waals surface area contributed by atoms with Gasteiger partial charge in [-0.1, -0.05) is 44.2 Å². The molecule has 0 bridgehead atoms. The molecule has 0 aliphatic heterocycles. The fraction of sp³-hybridized carbons (Fsp3) is 0.500. The molecule has 0 saturated heterocycles. The smallest absolute Gasteiger partial charge is 0.0786 e. The van der Waals surface area contributed by atoms with Gasteiger partial charge in [0.1, 0.15) is 0 Å². The van der Waals surface area contributed by atoms with E-state index in [4.69, 9.17) is 10.5 Å². The van der Waals surface area contributed by atoms with Crippen LogP contribution >= 0.6 is 0 Å². The van der Waals surface area contributed by atoms with Crippen LogP contribution in [-0.4, -0.2) is 13.2 Å². The van der Waals surface area contributed by atoms with Gasteiger partial charge in [-0.15, -0.1) is 0 Å². The highest BCUT2D eigenvalue weighted by Crippen LogP contribution is 2.21. The van der Waals surface area contributed by atoms with Gasteiger partial charge in [-0.25, -0.2) is 0 Å². The van der Waals surface area contributed by atoms with Crippen LogP contribution < -0.4 is 5.73 Å². The molecule has 1 rings (SSSR count).